The minimum atomic E-state index is -1.07. The third-order valence-corrected chi connectivity index (χ3v) is 2.42. The lowest BCUT2D eigenvalue weighted by atomic mass is 10.1. The van der Waals surface area contributed by atoms with E-state index in [1.165, 1.54) is 12.5 Å². The number of aliphatic carboxylic acids is 1. The predicted molar refractivity (Wildman–Crippen MR) is 60.4 cm³/mol. The first-order chi connectivity index (χ1) is 8.04. The summed E-state index contributed by atoms with van der Waals surface area (Å²) in [6, 6.07) is -1.39. The largest absolute Gasteiger partial charge is 0.480 e. The Labute approximate surface area is 98.6 Å². The van der Waals surface area contributed by atoms with E-state index in [1.54, 1.807) is 14.0 Å². The van der Waals surface area contributed by atoms with Crippen LogP contribution in [0.3, 0.4) is 0 Å². The molecule has 94 valence electrons. The normalized spacial score (nSPS) is 14.0. The number of carboxylic acids is 1. The molecule has 0 bridgehead atoms. The van der Waals surface area contributed by atoms with Gasteiger partial charge in [0.25, 0.3) is 0 Å². The molecule has 0 aliphatic carbocycles. The maximum absolute atomic E-state index is 11.6. The second kappa shape index (κ2) is 6.00. The molecular formula is C10H16N4O3. The second-order valence-electron chi connectivity index (χ2n) is 3.69. The van der Waals surface area contributed by atoms with Crippen LogP contribution in [0.25, 0.3) is 0 Å². The van der Waals surface area contributed by atoms with Gasteiger partial charge in [0.05, 0.1) is 12.4 Å². The number of imidazole rings is 1. The van der Waals surface area contributed by atoms with Gasteiger partial charge in [0.1, 0.15) is 6.04 Å². The first-order valence-electron chi connectivity index (χ1n) is 5.22. The molecule has 0 saturated heterocycles. The van der Waals surface area contributed by atoms with E-state index in [2.05, 4.69) is 20.6 Å². The molecule has 0 aliphatic heterocycles. The van der Waals surface area contributed by atoms with Gasteiger partial charge in [-0.15, -0.1) is 0 Å². The van der Waals surface area contributed by atoms with Gasteiger partial charge in [-0.25, -0.2) is 9.78 Å². The smallest absolute Gasteiger partial charge is 0.326 e. The fourth-order valence-corrected chi connectivity index (χ4v) is 1.24. The number of nitrogens with one attached hydrogen (secondary N) is 3. The summed E-state index contributed by atoms with van der Waals surface area (Å²) in [5, 5.41) is 14.2. The van der Waals surface area contributed by atoms with Gasteiger partial charge in [-0.1, -0.05) is 0 Å². The summed E-state index contributed by atoms with van der Waals surface area (Å²) < 4.78 is 0. The van der Waals surface area contributed by atoms with Crippen LogP contribution in [-0.4, -0.2) is 46.1 Å². The number of aromatic nitrogens is 2. The molecule has 7 heteroatoms. The number of aromatic amines is 1. The van der Waals surface area contributed by atoms with Crippen molar-refractivity contribution in [2.24, 2.45) is 0 Å². The number of H-pyrrole nitrogens is 1. The molecule has 0 spiro atoms. The lowest BCUT2D eigenvalue weighted by molar-refractivity contribution is -0.142. The van der Waals surface area contributed by atoms with Crippen LogP contribution in [0.15, 0.2) is 12.5 Å². The Hall–Kier alpha value is -1.89. The molecule has 0 saturated carbocycles. The number of carbonyl (C=O) groups is 2. The highest BCUT2D eigenvalue weighted by Gasteiger charge is 2.22. The molecular weight excluding hydrogens is 224 g/mol. The molecule has 0 aliphatic rings. The summed E-state index contributed by atoms with van der Waals surface area (Å²) in [5.41, 5.74) is 0.662. The number of likely N-dealkylation sites (N-methyl/N-ethyl adjacent to an activating group) is 1. The van der Waals surface area contributed by atoms with Crippen molar-refractivity contribution in [1.29, 1.82) is 0 Å². The van der Waals surface area contributed by atoms with E-state index in [9.17, 15) is 9.59 Å². The summed E-state index contributed by atoms with van der Waals surface area (Å²) in [7, 11) is 1.63. The van der Waals surface area contributed by atoms with E-state index in [0.717, 1.165) is 0 Å². The van der Waals surface area contributed by atoms with Crippen molar-refractivity contribution in [3.8, 4) is 0 Å². The number of amides is 1. The van der Waals surface area contributed by atoms with Gasteiger partial charge in [-0.3, -0.25) is 4.79 Å². The van der Waals surface area contributed by atoms with Crippen molar-refractivity contribution in [2.45, 2.75) is 25.4 Å². The fourth-order valence-electron chi connectivity index (χ4n) is 1.24. The van der Waals surface area contributed by atoms with E-state index in [1.807, 2.05) is 0 Å². The lowest BCUT2D eigenvalue weighted by Gasteiger charge is -2.16. The molecule has 1 heterocycles. The van der Waals surface area contributed by atoms with Gasteiger partial charge >= 0.3 is 5.97 Å². The van der Waals surface area contributed by atoms with Crippen molar-refractivity contribution in [3.63, 3.8) is 0 Å². The second-order valence-corrected chi connectivity index (χ2v) is 3.69. The van der Waals surface area contributed by atoms with Crippen LogP contribution in [0, 0.1) is 0 Å². The van der Waals surface area contributed by atoms with Crippen molar-refractivity contribution < 1.29 is 14.7 Å². The molecule has 0 aromatic carbocycles. The molecule has 0 fully saturated rings. The van der Waals surface area contributed by atoms with Crippen LogP contribution in [0.1, 0.15) is 12.6 Å². The predicted octanol–water partition coefficient (Wildman–Crippen LogP) is -0.870. The molecule has 1 amide bonds. The Morgan fingerprint density at radius 3 is 2.76 bits per heavy atom. The SMILES string of the molecule is CNC(C)C(=O)N[C@H](Cc1cnc[nH]1)C(=O)O. The summed E-state index contributed by atoms with van der Waals surface area (Å²) >= 11 is 0. The maximum Gasteiger partial charge on any atom is 0.326 e. The van der Waals surface area contributed by atoms with Gasteiger partial charge in [-0.05, 0) is 14.0 Å². The average molecular weight is 240 g/mol. The third-order valence-electron chi connectivity index (χ3n) is 2.42. The van der Waals surface area contributed by atoms with Gasteiger partial charge in [-0.2, -0.15) is 0 Å². The molecule has 7 nitrogen and oxygen atoms in total. The number of rotatable bonds is 6. The van der Waals surface area contributed by atoms with E-state index in [0.29, 0.717) is 5.69 Å². The number of carboxylic acid groups (broad SMARTS) is 1. The molecule has 1 rings (SSSR count). The lowest BCUT2D eigenvalue weighted by Crippen LogP contribution is -2.49. The van der Waals surface area contributed by atoms with Gasteiger partial charge in [0, 0.05) is 18.3 Å². The maximum atomic E-state index is 11.6. The highest BCUT2D eigenvalue weighted by molar-refractivity contribution is 5.86. The third kappa shape index (κ3) is 3.87. The minimum absolute atomic E-state index is 0.178. The molecule has 1 aromatic heterocycles. The highest BCUT2D eigenvalue weighted by Crippen LogP contribution is 1.99. The standard InChI is InChI=1S/C10H16N4O3/c1-6(11-2)9(15)14-8(10(16)17)3-7-4-12-5-13-7/h4-6,8,11H,3H2,1-2H3,(H,12,13)(H,14,15)(H,16,17)/t6?,8-/m1/s1. The zero-order valence-corrected chi connectivity index (χ0v) is 9.73. The minimum Gasteiger partial charge on any atom is -0.480 e. The summed E-state index contributed by atoms with van der Waals surface area (Å²) in [6.07, 6.45) is 3.17. The van der Waals surface area contributed by atoms with Gasteiger partial charge in [0.2, 0.25) is 5.91 Å². The Balaban J connectivity index is 2.61. The highest BCUT2D eigenvalue weighted by atomic mass is 16.4. The summed E-state index contributed by atoms with van der Waals surface area (Å²) in [4.78, 5) is 29.1. The molecule has 0 radical (unpaired) electrons. The molecule has 2 atom stereocenters. The molecule has 1 unspecified atom stereocenters. The number of hydrogen-bond acceptors (Lipinski definition) is 4. The topological polar surface area (TPSA) is 107 Å². The van der Waals surface area contributed by atoms with E-state index in [4.69, 9.17) is 5.11 Å². The summed E-state index contributed by atoms with van der Waals surface area (Å²) in [6.45, 7) is 1.66. The van der Waals surface area contributed by atoms with Crippen LogP contribution >= 0.6 is 0 Å². The Bertz CT molecular complexity index is 377. The number of hydrogen-bond donors (Lipinski definition) is 4. The van der Waals surface area contributed by atoms with E-state index < -0.39 is 18.1 Å². The average Bonchev–Trinajstić information content (AvgIpc) is 2.79. The number of carbonyl (C=O) groups excluding carboxylic acids is 1. The Morgan fingerprint density at radius 2 is 2.29 bits per heavy atom. The van der Waals surface area contributed by atoms with Crippen molar-refractivity contribution >= 4 is 11.9 Å². The fraction of sp³-hybridized carbons (Fsp3) is 0.500. The van der Waals surface area contributed by atoms with Crippen molar-refractivity contribution in [3.05, 3.63) is 18.2 Å². The Kier molecular flexibility index (Phi) is 4.65. The summed E-state index contributed by atoms with van der Waals surface area (Å²) in [5.74, 6) is -1.42. The Morgan fingerprint density at radius 1 is 1.59 bits per heavy atom. The van der Waals surface area contributed by atoms with E-state index >= 15 is 0 Å². The monoisotopic (exact) mass is 240 g/mol. The van der Waals surface area contributed by atoms with Crippen LogP contribution in [0.4, 0.5) is 0 Å². The first-order valence-corrected chi connectivity index (χ1v) is 5.22. The van der Waals surface area contributed by atoms with Crippen molar-refractivity contribution in [2.75, 3.05) is 7.05 Å². The quantitative estimate of drug-likeness (QED) is 0.517. The van der Waals surface area contributed by atoms with Crippen LogP contribution in [-0.2, 0) is 16.0 Å². The first kappa shape index (κ1) is 13.2. The van der Waals surface area contributed by atoms with E-state index in [-0.39, 0.29) is 12.3 Å². The zero-order valence-electron chi connectivity index (χ0n) is 9.73. The van der Waals surface area contributed by atoms with Crippen LogP contribution in [0.2, 0.25) is 0 Å². The van der Waals surface area contributed by atoms with Crippen LogP contribution < -0.4 is 10.6 Å². The number of nitrogens with zero attached hydrogens (tertiary/aromatic N) is 1. The molecule has 17 heavy (non-hydrogen) atoms. The molecule has 4 N–H and O–H groups in total. The molecule has 1 aromatic rings. The van der Waals surface area contributed by atoms with Crippen LogP contribution in [0.5, 0.6) is 0 Å². The zero-order chi connectivity index (χ0) is 12.8. The van der Waals surface area contributed by atoms with Gasteiger partial charge < -0.3 is 20.7 Å². The van der Waals surface area contributed by atoms with Crippen molar-refractivity contribution in [1.82, 2.24) is 20.6 Å². The van der Waals surface area contributed by atoms with Gasteiger partial charge in [0.15, 0.2) is 0 Å².